The van der Waals surface area contributed by atoms with Crippen molar-refractivity contribution in [2.24, 2.45) is 0 Å². The van der Waals surface area contributed by atoms with E-state index in [0.29, 0.717) is 0 Å². The lowest BCUT2D eigenvalue weighted by molar-refractivity contribution is 1.09. The zero-order valence-electron chi connectivity index (χ0n) is 9.20. The number of aryl methyl sites for hydroxylation is 1. The highest BCUT2D eigenvalue weighted by atomic mass is 15.0. The molecular formula is C14H15N. The zero-order valence-corrected chi connectivity index (χ0v) is 9.20. The fourth-order valence-electron chi connectivity index (χ4n) is 1.97. The first-order chi connectivity index (χ1) is 7.27. The van der Waals surface area contributed by atoms with Gasteiger partial charge in [0.2, 0.25) is 0 Å². The van der Waals surface area contributed by atoms with Gasteiger partial charge in [0, 0.05) is 16.8 Å². The van der Waals surface area contributed by atoms with Gasteiger partial charge in [-0.05, 0) is 32.1 Å². The first-order valence-electron chi connectivity index (χ1n) is 5.14. The Kier molecular flexibility index (Phi) is 2.46. The van der Waals surface area contributed by atoms with Crippen LogP contribution in [0.25, 0.3) is 16.6 Å². The molecule has 0 aliphatic carbocycles. The molecule has 1 heteroatoms. The van der Waals surface area contributed by atoms with Gasteiger partial charge in [0.15, 0.2) is 0 Å². The summed E-state index contributed by atoms with van der Waals surface area (Å²) >= 11 is 0. The smallest absolute Gasteiger partial charge is 0.0531 e. The molecule has 2 rings (SSSR count). The van der Waals surface area contributed by atoms with Crippen LogP contribution in [0.4, 0.5) is 0 Å². The van der Waals surface area contributed by atoms with Crippen molar-refractivity contribution in [3.05, 3.63) is 54.8 Å². The minimum atomic E-state index is 1.13. The van der Waals surface area contributed by atoms with Gasteiger partial charge in [-0.25, -0.2) is 0 Å². The van der Waals surface area contributed by atoms with Crippen molar-refractivity contribution in [3.63, 3.8) is 0 Å². The number of nitrogens with zero attached hydrogens (tertiary/aromatic N) is 1. The number of hydrogen-bond donors (Lipinski definition) is 0. The van der Waals surface area contributed by atoms with Crippen molar-refractivity contribution in [2.45, 2.75) is 13.8 Å². The van der Waals surface area contributed by atoms with Gasteiger partial charge in [-0.15, -0.1) is 0 Å². The van der Waals surface area contributed by atoms with E-state index in [-0.39, 0.29) is 0 Å². The quantitative estimate of drug-likeness (QED) is 0.641. The molecule has 0 saturated carbocycles. The Bertz CT molecular complexity index is 529. The van der Waals surface area contributed by atoms with Crippen LogP contribution < -0.4 is 0 Å². The Labute approximate surface area is 90.3 Å². The Hall–Kier alpha value is -1.76. The second-order valence-electron chi connectivity index (χ2n) is 3.60. The monoisotopic (exact) mass is 197 g/mol. The molecule has 0 spiro atoms. The number of aromatic nitrogens is 1. The summed E-state index contributed by atoms with van der Waals surface area (Å²) in [6.45, 7) is 8.00. The van der Waals surface area contributed by atoms with Gasteiger partial charge < -0.3 is 4.57 Å². The molecule has 0 atom stereocenters. The highest BCUT2D eigenvalue weighted by Gasteiger charge is 2.05. The summed E-state index contributed by atoms with van der Waals surface area (Å²) in [7, 11) is 0. The second kappa shape index (κ2) is 3.77. The summed E-state index contributed by atoms with van der Waals surface area (Å²) in [6.07, 6.45) is 3.96. The maximum Gasteiger partial charge on any atom is 0.0531 e. The van der Waals surface area contributed by atoms with Crippen LogP contribution in [-0.2, 0) is 0 Å². The third-order valence-corrected chi connectivity index (χ3v) is 2.66. The summed E-state index contributed by atoms with van der Waals surface area (Å²) in [6, 6.07) is 10.6. The van der Waals surface area contributed by atoms with Crippen LogP contribution >= 0.6 is 0 Å². The highest BCUT2D eigenvalue weighted by molar-refractivity contribution is 5.85. The molecule has 15 heavy (non-hydrogen) atoms. The van der Waals surface area contributed by atoms with E-state index in [1.165, 1.54) is 16.6 Å². The number of benzene rings is 1. The lowest BCUT2D eigenvalue weighted by atomic mass is 10.2. The van der Waals surface area contributed by atoms with Gasteiger partial charge in [-0.2, -0.15) is 0 Å². The summed E-state index contributed by atoms with van der Waals surface area (Å²) in [5.74, 6) is 0. The number of fused-ring (bicyclic) bond motifs is 1. The molecule has 0 saturated heterocycles. The number of para-hydroxylation sites is 1. The Morgan fingerprint density at radius 1 is 1.33 bits per heavy atom. The topological polar surface area (TPSA) is 4.93 Å². The number of hydrogen-bond acceptors (Lipinski definition) is 0. The maximum atomic E-state index is 3.85. The van der Waals surface area contributed by atoms with Gasteiger partial charge in [0.1, 0.15) is 0 Å². The standard InChI is InChI=1S/C14H15N/c1-4-13(5-2)15-11(3)10-12-8-6-7-9-14(12)15/h4-10H,1H2,2-3H3/b13-5+. The largest absolute Gasteiger partial charge is 0.314 e. The molecule has 0 N–H and O–H groups in total. The van der Waals surface area contributed by atoms with Crippen molar-refractivity contribution in [1.82, 2.24) is 4.57 Å². The predicted molar refractivity (Wildman–Crippen MR) is 66.8 cm³/mol. The summed E-state index contributed by atoms with van der Waals surface area (Å²) in [4.78, 5) is 0. The van der Waals surface area contributed by atoms with Gasteiger partial charge >= 0.3 is 0 Å². The first kappa shape index (κ1) is 9.78. The molecule has 0 unspecified atom stereocenters. The summed E-state index contributed by atoms with van der Waals surface area (Å²) in [5, 5.41) is 1.27. The predicted octanol–water partition coefficient (Wildman–Crippen LogP) is 4.00. The molecular weight excluding hydrogens is 182 g/mol. The molecule has 76 valence electrons. The molecule has 0 amide bonds. The zero-order chi connectivity index (χ0) is 10.8. The first-order valence-corrected chi connectivity index (χ1v) is 5.14. The Balaban J connectivity index is 2.79. The van der Waals surface area contributed by atoms with Crippen LogP contribution in [0, 0.1) is 6.92 Å². The second-order valence-corrected chi connectivity index (χ2v) is 3.60. The fourth-order valence-corrected chi connectivity index (χ4v) is 1.97. The van der Waals surface area contributed by atoms with E-state index in [1.807, 2.05) is 13.0 Å². The van der Waals surface area contributed by atoms with E-state index in [9.17, 15) is 0 Å². The van der Waals surface area contributed by atoms with E-state index in [0.717, 1.165) is 5.70 Å². The molecule has 2 aromatic rings. The molecule has 1 heterocycles. The number of rotatable bonds is 2. The van der Waals surface area contributed by atoms with E-state index >= 15 is 0 Å². The molecule has 0 radical (unpaired) electrons. The van der Waals surface area contributed by atoms with Crippen molar-refractivity contribution >= 4 is 16.6 Å². The van der Waals surface area contributed by atoms with Crippen LogP contribution in [-0.4, -0.2) is 4.57 Å². The van der Waals surface area contributed by atoms with Crippen LogP contribution in [0.3, 0.4) is 0 Å². The summed E-state index contributed by atoms with van der Waals surface area (Å²) < 4.78 is 2.22. The average Bonchev–Trinajstić information content (AvgIpc) is 2.58. The van der Waals surface area contributed by atoms with E-state index in [1.54, 1.807) is 0 Å². The van der Waals surface area contributed by atoms with Gasteiger partial charge in [0.25, 0.3) is 0 Å². The van der Waals surface area contributed by atoms with Crippen molar-refractivity contribution in [3.8, 4) is 0 Å². The third-order valence-electron chi connectivity index (χ3n) is 2.66. The van der Waals surface area contributed by atoms with Crippen LogP contribution in [0.15, 0.2) is 49.1 Å². The SMILES string of the molecule is C=C/C(=C\C)n1c(C)cc2ccccc21. The molecule has 0 bridgehead atoms. The van der Waals surface area contributed by atoms with Gasteiger partial charge in [-0.1, -0.05) is 30.9 Å². The average molecular weight is 197 g/mol. The van der Waals surface area contributed by atoms with E-state index in [2.05, 4.69) is 54.5 Å². The fraction of sp³-hybridized carbons (Fsp3) is 0.143. The maximum absolute atomic E-state index is 3.85. The minimum Gasteiger partial charge on any atom is -0.314 e. The Morgan fingerprint density at radius 2 is 2.07 bits per heavy atom. The van der Waals surface area contributed by atoms with Crippen LogP contribution in [0.1, 0.15) is 12.6 Å². The normalized spacial score (nSPS) is 12.0. The molecule has 1 nitrogen and oxygen atoms in total. The Morgan fingerprint density at radius 3 is 2.73 bits per heavy atom. The molecule has 0 fully saturated rings. The highest BCUT2D eigenvalue weighted by Crippen LogP contribution is 2.23. The van der Waals surface area contributed by atoms with Crippen LogP contribution in [0.2, 0.25) is 0 Å². The molecule has 0 aliphatic heterocycles. The van der Waals surface area contributed by atoms with Crippen molar-refractivity contribution < 1.29 is 0 Å². The van der Waals surface area contributed by atoms with E-state index < -0.39 is 0 Å². The third kappa shape index (κ3) is 1.50. The lowest BCUT2D eigenvalue weighted by Crippen LogP contribution is -1.95. The van der Waals surface area contributed by atoms with Crippen molar-refractivity contribution in [1.29, 1.82) is 0 Å². The lowest BCUT2D eigenvalue weighted by Gasteiger charge is -2.08. The number of allylic oxidation sites excluding steroid dienone is 3. The van der Waals surface area contributed by atoms with Crippen molar-refractivity contribution in [2.75, 3.05) is 0 Å². The minimum absolute atomic E-state index is 1.13. The van der Waals surface area contributed by atoms with E-state index in [4.69, 9.17) is 0 Å². The molecule has 1 aromatic carbocycles. The molecule has 1 aromatic heterocycles. The molecule has 0 aliphatic rings. The summed E-state index contributed by atoms with van der Waals surface area (Å²) in [5.41, 5.74) is 3.61. The van der Waals surface area contributed by atoms with Gasteiger partial charge in [-0.3, -0.25) is 0 Å². The van der Waals surface area contributed by atoms with Crippen LogP contribution in [0.5, 0.6) is 0 Å². The van der Waals surface area contributed by atoms with Gasteiger partial charge in [0.05, 0.1) is 5.52 Å².